The number of aryl methyl sites for hydroxylation is 1. The normalized spacial score (nSPS) is 10.9. The topological polar surface area (TPSA) is 110 Å². The molecule has 0 unspecified atom stereocenters. The molecule has 0 saturated carbocycles. The number of aromatic amines is 1. The standard InChI is InChI=1S/C13H13N5O3/c19-18(20)9-3-1-4-10-12(9)17-13(21-10)16-6-2-5-11-14-7-8-15-11/h1,3-4,7-8H,2,5-6H2,(H,14,15)(H,16,17). The summed E-state index contributed by atoms with van der Waals surface area (Å²) in [6.07, 6.45) is 5.14. The molecule has 0 fully saturated rings. The first-order chi connectivity index (χ1) is 10.2. The molecule has 0 amide bonds. The highest BCUT2D eigenvalue weighted by Gasteiger charge is 2.16. The third-order valence-electron chi connectivity index (χ3n) is 3.02. The number of fused-ring (bicyclic) bond motifs is 1. The third-order valence-corrected chi connectivity index (χ3v) is 3.02. The van der Waals surface area contributed by atoms with Crippen molar-refractivity contribution in [3.63, 3.8) is 0 Å². The van der Waals surface area contributed by atoms with Gasteiger partial charge in [-0.2, -0.15) is 4.98 Å². The Morgan fingerprint density at radius 1 is 1.43 bits per heavy atom. The van der Waals surface area contributed by atoms with Gasteiger partial charge in [-0.15, -0.1) is 0 Å². The fourth-order valence-electron chi connectivity index (χ4n) is 2.04. The van der Waals surface area contributed by atoms with E-state index in [1.54, 1.807) is 24.5 Å². The van der Waals surface area contributed by atoms with Crippen molar-refractivity contribution in [1.82, 2.24) is 15.0 Å². The zero-order chi connectivity index (χ0) is 14.7. The minimum Gasteiger partial charge on any atom is -0.423 e. The van der Waals surface area contributed by atoms with E-state index in [-0.39, 0.29) is 11.2 Å². The molecule has 2 N–H and O–H groups in total. The SMILES string of the molecule is O=[N+]([O-])c1cccc2oc(NCCCc3ncc[nH]3)nc12. The number of H-pyrrole nitrogens is 1. The molecule has 21 heavy (non-hydrogen) atoms. The second-order valence-corrected chi connectivity index (χ2v) is 4.47. The van der Waals surface area contributed by atoms with Crippen molar-refractivity contribution in [2.24, 2.45) is 0 Å². The number of nitro groups is 1. The Labute approximate surface area is 119 Å². The first-order valence-electron chi connectivity index (χ1n) is 6.50. The number of anilines is 1. The van der Waals surface area contributed by atoms with Crippen LogP contribution in [0.15, 0.2) is 35.0 Å². The summed E-state index contributed by atoms with van der Waals surface area (Å²) >= 11 is 0. The van der Waals surface area contributed by atoms with Crippen LogP contribution in [0.4, 0.5) is 11.7 Å². The average Bonchev–Trinajstić information content (AvgIpc) is 3.11. The predicted molar refractivity (Wildman–Crippen MR) is 76.1 cm³/mol. The highest BCUT2D eigenvalue weighted by Crippen LogP contribution is 2.27. The maximum absolute atomic E-state index is 10.9. The molecule has 3 aromatic rings. The van der Waals surface area contributed by atoms with E-state index in [1.165, 1.54) is 6.07 Å². The molecule has 0 spiro atoms. The lowest BCUT2D eigenvalue weighted by Gasteiger charge is -1.99. The van der Waals surface area contributed by atoms with E-state index in [9.17, 15) is 10.1 Å². The molecule has 0 aliphatic rings. The van der Waals surface area contributed by atoms with Crippen LogP contribution in [0, 0.1) is 10.1 Å². The van der Waals surface area contributed by atoms with Crippen molar-refractivity contribution in [1.29, 1.82) is 0 Å². The summed E-state index contributed by atoms with van der Waals surface area (Å²) in [5.41, 5.74) is 0.605. The average molecular weight is 287 g/mol. The van der Waals surface area contributed by atoms with E-state index in [2.05, 4.69) is 20.3 Å². The number of non-ortho nitro benzene ring substituents is 1. The van der Waals surface area contributed by atoms with Crippen LogP contribution in [0.5, 0.6) is 0 Å². The summed E-state index contributed by atoms with van der Waals surface area (Å²) in [4.78, 5) is 21.7. The van der Waals surface area contributed by atoms with Gasteiger partial charge in [-0.25, -0.2) is 4.98 Å². The minimum absolute atomic E-state index is 0.0557. The van der Waals surface area contributed by atoms with Crippen LogP contribution in [-0.2, 0) is 6.42 Å². The number of nitro benzene ring substituents is 1. The van der Waals surface area contributed by atoms with Crippen LogP contribution in [0.1, 0.15) is 12.2 Å². The van der Waals surface area contributed by atoms with Crippen LogP contribution < -0.4 is 5.32 Å². The molecular formula is C13H13N5O3. The van der Waals surface area contributed by atoms with E-state index in [1.807, 2.05) is 0 Å². The Kier molecular flexibility index (Phi) is 3.50. The molecule has 0 radical (unpaired) electrons. The summed E-state index contributed by atoms with van der Waals surface area (Å²) in [5, 5.41) is 13.9. The fourth-order valence-corrected chi connectivity index (χ4v) is 2.04. The second kappa shape index (κ2) is 5.61. The Bertz CT molecular complexity index is 750. The first kappa shape index (κ1) is 13.1. The van der Waals surface area contributed by atoms with Crippen LogP contribution >= 0.6 is 0 Å². The van der Waals surface area contributed by atoms with Crippen molar-refractivity contribution in [2.45, 2.75) is 12.8 Å². The molecular weight excluding hydrogens is 274 g/mol. The minimum atomic E-state index is -0.467. The van der Waals surface area contributed by atoms with Gasteiger partial charge in [-0.3, -0.25) is 10.1 Å². The molecule has 0 bridgehead atoms. The second-order valence-electron chi connectivity index (χ2n) is 4.47. The highest BCUT2D eigenvalue weighted by molar-refractivity contribution is 5.83. The highest BCUT2D eigenvalue weighted by atomic mass is 16.6. The Morgan fingerprint density at radius 2 is 2.33 bits per heavy atom. The first-order valence-corrected chi connectivity index (χ1v) is 6.50. The number of imidazole rings is 1. The molecule has 8 nitrogen and oxygen atoms in total. The molecule has 3 rings (SSSR count). The van der Waals surface area contributed by atoms with Crippen LogP contribution in [-0.4, -0.2) is 26.4 Å². The zero-order valence-corrected chi connectivity index (χ0v) is 11.1. The molecule has 0 aliphatic carbocycles. The van der Waals surface area contributed by atoms with E-state index in [4.69, 9.17) is 4.42 Å². The fraction of sp³-hybridized carbons (Fsp3) is 0.231. The predicted octanol–water partition coefficient (Wildman–Crippen LogP) is 2.50. The lowest BCUT2D eigenvalue weighted by atomic mass is 10.3. The van der Waals surface area contributed by atoms with E-state index >= 15 is 0 Å². The Balaban J connectivity index is 1.65. The lowest BCUT2D eigenvalue weighted by Crippen LogP contribution is -2.03. The van der Waals surface area contributed by atoms with Crippen molar-refractivity contribution in [3.05, 3.63) is 46.5 Å². The number of hydrogen-bond donors (Lipinski definition) is 2. The number of oxazole rings is 1. The molecule has 2 aromatic heterocycles. The number of rotatable bonds is 6. The number of nitrogens with one attached hydrogen (secondary N) is 2. The quantitative estimate of drug-likeness (QED) is 0.409. The van der Waals surface area contributed by atoms with Crippen LogP contribution in [0.3, 0.4) is 0 Å². The van der Waals surface area contributed by atoms with E-state index in [0.29, 0.717) is 18.1 Å². The van der Waals surface area contributed by atoms with Crippen molar-refractivity contribution >= 4 is 22.8 Å². The molecule has 108 valence electrons. The maximum atomic E-state index is 10.9. The van der Waals surface area contributed by atoms with Crippen molar-refractivity contribution in [2.75, 3.05) is 11.9 Å². The molecule has 2 heterocycles. The Hall–Kier alpha value is -2.90. The Morgan fingerprint density at radius 3 is 3.10 bits per heavy atom. The number of nitrogens with zero attached hydrogens (tertiary/aromatic N) is 3. The number of benzene rings is 1. The maximum Gasteiger partial charge on any atom is 0.298 e. The molecule has 1 aromatic carbocycles. The molecule has 0 aliphatic heterocycles. The molecule has 0 atom stereocenters. The number of hydrogen-bond acceptors (Lipinski definition) is 6. The molecule has 8 heteroatoms. The summed E-state index contributed by atoms with van der Waals surface area (Å²) in [6, 6.07) is 4.93. The van der Waals surface area contributed by atoms with Crippen molar-refractivity contribution < 1.29 is 9.34 Å². The van der Waals surface area contributed by atoms with Gasteiger partial charge < -0.3 is 14.7 Å². The summed E-state index contributed by atoms with van der Waals surface area (Å²) in [7, 11) is 0. The van der Waals surface area contributed by atoms with Gasteiger partial charge >= 0.3 is 0 Å². The largest absolute Gasteiger partial charge is 0.423 e. The van der Waals surface area contributed by atoms with Gasteiger partial charge in [-0.1, -0.05) is 6.07 Å². The van der Waals surface area contributed by atoms with Crippen molar-refractivity contribution in [3.8, 4) is 0 Å². The summed E-state index contributed by atoms with van der Waals surface area (Å²) in [6.45, 7) is 0.640. The summed E-state index contributed by atoms with van der Waals surface area (Å²) in [5.74, 6) is 0.921. The summed E-state index contributed by atoms with van der Waals surface area (Å²) < 4.78 is 5.45. The van der Waals surface area contributed by atoms with Crippen LogP contribution in [0.25, 0.3) is 11.1 Å². The third kappa shape index (κ3) is 2.83. The smallest absolute Gasteiger partial charge is 0.298 e. The van der Waals surface area contributed by atoms with Gasteiger partial charge in [0.25, 0.3) is 11.7 Å². The zero-order valence-electron chi connectivity index (χ0n) is 11.1. The molecule has 0 saturated heterocycles. The van der Waals surface area contributed by atoms with Gasteiger partial charge in [0.15, 0.2) is 11.1 Å². The van der Waals surface area contributed by atoms with Gasteiger partial charge in [-0.05, 0) is 12.5 Å². The van der Waals surface area contributed by atoms with Gasteiger partial charge in [0.2, 0.25) is 0 Å². The van der Waals surface area contributed by atoms with E-state index < -0.39 is 4.92 Å². The number of aromatic nitrogens is 3. The van der Waals surface area contributed by atoms with Gasteiger partial charge in [0.1, 0.15) is 5.82 Å². The monoisotopic (exact) mass is 287 g/mol. The number of para-hydroxylation sites is 1. The van der Waals surface area contributed by atoms with Gasteiger partial charge in [0.05, 0.1) is 4.92 Å². The van der Waals surface area contributed by atoms with E-state index in [0.717, 1.165) is 18.7 Å². The lowest BCUT2D eigenvalue weighted by molar-refractivity contribution is -0.383. The van der Waals surface area contributed by atoms with Crippen LogP contribution in [0.2, 0.25) is 0 Å². The van der Waals surface area contributed by atoms with Gasteiger partial charge in [0, 0.05) is 31.4 Å².